The van der Waals surface area contributed by atoms with Gasteiger partial charge in [-0.25, -0.2) is 9.48 Å². The van der Waals surface area contributed by atoms with Crippen molar-refractivity contribution in [1.29, 1.82) is 0 Å². The monoisotopic (exact) mass is 695 g/mol. The summed E-state index contributed by atoms with van der Waals surface area (Å²) in [5.74, 6) is 2.11. The van der Waals surface area contributed by atoms with Gasteiger partial charge in [-0.05, 0) is 63.0 Å². The number of rotatable bonds is 11. The summed E-state index contributed by atoms with van der Waals surface area (Å²) in [5.41, 5.74) is 3.51. The Morgan fingerprint density at radius 2 is 1.82 bits per heavy atom. The van der Waals surface area contributed by atoms with Crippen LogP contribution in [-0.2, 0) is 16.7 Å². The minimum absolute atomic E-state index is 0. The lowest BCUT2D eigenvalue weighted by molar-refractivity contribution is -0.0000203. The standard InChI is InChI=1S/C35H49N9O4.ClH/c1-35(2,3)30-22-32(44(40-30)18-20-45)37-33(46)36-28-11-12-29(27-9-7-6-8-26(27)28)48-25-10-13-31-38-39-34(43(31)23-25)42-16-14-24(15-17-42)47-21-19-41(4)5;/h6-10,13,22-24,28-29,45H,11-12,14-21H2,1-5H3,(H2,36,37,46);1H/t28-,29+;/m0./s1. The summed E-state index contributed by atoms with van der Waals surface area (Å²) >= 11 is 0. The number of amides is 2. The SMILES string of the molecule is CN(C)CCOC1CCN(c2nnc3ccc(O[C@@H]4CC[C@H](NC(=O)Nc5cc(C(C)(C)C)nn5CCO)c5ccccc54)cn23)CC1.[Cl-].[H+]. The molecule has 2 atom stereocenters. The molecule has 1 fully saturated rings. The van der Waals surface area contributed by atoms with Gasteiger partial charge in [0.2, 0.25) is 5.95 Å². The van der Waals surface area contributed by atoms with Crippen LogP contribution in [0.4, 0.5) is 16.6 Å². The van der Waals surface area contributed by atoms with Crippen molar-refractivity contribution in [3.05, 3.63) is 65.5 Å². The van der Waals surface area contributed by atoms with E-state index < -0.39 is 0 Å². The molecule has 0 spiro atoms. The van der Waals surface area contributed by atoms with Crippen LogP contribution >= 0.6 is 0 Å². The number of piperidine rings is 1. The van der Waals surface area contributed by atoms with Gasteiger partial charge in [0.15, 0.2) is 5.65 Å². The van der Waals surface area contributed by atoms with E-state index in [-0.39, 0.29) is 50.1 Å². The number of carbonyl (C=O) groups excluding carboxylic acids is 1. The fourth-order valence-electron chi connectivity index (χ4n) is 6.42. The van der Waals surface area contributed by atoms with E-state index in [1.807, 2.05) is 40.9 Å². The summed E-state index contributed by atoms with van der Waals surface area (Å²) in [6.07, 6.45) is 5.42. The van der Waals surface area contributed by atoms with E-state index in [4.69, 9.17) is 9.47 Å². The topological polar surface area (TPSA) is 134 Å². The molecule has 2 aliphatic rings. The molecule has 0 saturated carbocycles. The predicted octanol–water partition coefficient (Wildman–Crippen LogP) is 1.66. The number of nitrogens with one attached hydrogen (secondary N) is 2. The Labute approximate surface area is 295 Å². The lowest BCUT2D eigenvalue weighted by Crippen LogP contribution is -3.00. The molecule has 0 radical (unpaired) electrons. The zero-order chi connectivity index (χ0) is 33.8. The first-order chi connectivity index (χ1) is 23.1. The zero-order valence-electron chi connectivity index (χ0n) is 30.1. The lowest BCUT2D eigenvalue weighted by atomic mass is 9.85. The van der Waals surface area contributed by atoms with Gasteiger partial charge in [0.25, 0.3) is 0 Å². The molecule has 266 valence electrons. The number of fused-ring (bicyclic) bond motifs is 2. The summed E-state index contributed by atoms with van der Waals surface area (Å²) in [5, 5.41) is 29.2. The minimum Gasteiger partial charge on any atom is -1.00 e. The molecule has 14 heteroatoms. The lowest BCUT2D eigenvalue weighted by Gasteiger charge is -2.33. The Bertz CT molecular complexity index is 1700. The number of ether oxygens (including phenoxy) is 2. The number of aliphatic hydroxyl groups is 1. The van der Waals surface area contributed by atoms with E-state index in [0.717, 1.165) is 79.7 Å². The Morgan fingerprint density at radius 1 is 1.06 bits per heavy atom. The quantitative estimate of drug-likeness (QED) is 0.214. The minimum atomic E-state index is -0.316. The summed E-state index contributed by atoms with van der Waals surface area (Å²) in [7, 11) is 4.12. The molecular weight excluding hydrogens is 646 g/mol. The molecule has 1 aliphatic carbocycles. The Hall–Kier alpha value is -3.91. The third kappa shape index (κ3) is 8.64. The number of anilines is 2. The van der Waals surface area contributed by atoms with E-state index in [2.05, 4.69) is 82.7 Å². The van der Waals surface area contributed by atoms with Gasteiger partial charge in [-0.1, -0.05) is 45.0 Å². The number of urea groups is 1. The van der Waals surface area contributed by atoms with Crippen molar-refractivity contribution < 1.29 is 33.2 Å². The van der Waals surface area contributed by atoms with Gasteiger partial charge >= 0.3 is 7.46 Å². The molecule has 1 aromatic carbocycles. The molecule has 1 aliphatic heterocycles. The first-order valence-electron chi connectivity index (χ1n) is 17.0. The summed E-state index contributed by atoms with van der Waals surface area (Å²) in [6.45, 7) is 9.81. The first kappa shape index (κ1) is 36.4. The van der Waals surface area contributed by atoms with E-state index in [1.165, 1.54) is 0 Å². The molecule has 13 nitrogen and oxygen atoms in total. The number of pyridine rings is 1. The predicted molar refractivity (Wildman–Crippen MR) is 186 cm³/mol. The Morgan fingerprint density at radius 3 is 2.53 bits per heavy atom. The second-order valence-corrected chi connectivity index (χ2v) is 14.0. The molecule has 49 heavy (non-hydrogen) atoms. The maximum atomic E-state index is 13.2. The third-order valence-electron chi connectivity index (χ3n) is 9.10. The molecule has 0 bridgehead atoms. The van der Waals surface area contributed by atoms with Gasteiger partial charge in [-0.2, -0.15) is 5.10 Å². The van der Waals surface area contributed by atoms with Crippen LogP contribution in [0.3, 0.4) is 0 Å². The van der Waals surface area contributed by atoms with Crippen LogP contribution in [-0.4, -0.2) is 93.5 Å². The van der Waals surface area contributed by atoms with Crippen molar-refractivity contribution in [1.82, 2.24) is 34.6 Å². The number of carbonyl (C=O) groups is 1. The molecule has 0 unspecified atom stereocenters. The smallest absolute Gasteiger partial charge is 1.00 e. The Balaban J connectivity index is 0.00000281. The third-order valence-corrected chi connectivity index (χ3v) is 9.10. The van der Waals surface area contributed by atoms with Crippen LogP contribution in [0, 0.1) is 0 Å². The van der Waals surface area contributed by atoms with Crippen LogP contribution in [0.25, 0.3) is 5.65 Å². The fraction of sp³-hybridized carbons (Fsp3) is 0.543. The van der Waals surface area contributed by atoms with Crippen molar-refractivity contribution in [2.75, 3.05) is 57.2 Å². The molecule has 1 saturated heterocycles. The molecule has 2 amide bonds. The average molecular weight is 696 g/mol. The normalized spacial score (nSPS) is 18.3. The molecular formula is C35H50ClN9O4. The number of halogens is 1. The average Bonchev–Trinajstić information content (AvgIpc) is 3.67. The molecule has 4 aromatic rings. The highest BCUT2D eigenvalue weighted by atomic mass is 35.5. The number of benzene rings is 1. The Kier molecular flexibility index (Phi) is 11.7. The van der Waals surface area contributed by atoms with Crippen LogP contribution in [0.15, 0.2) is 48.7 Å². The number of nitrogens with zero attached hydrogens (tertiary/aromatic N) is 7. The maximum absolute atomic E-state index is 13.2. The van der Waals surface area contributed by atoms with Crippen molar-refractivity contribution in [2.45, 2.75) is 76.7 Å². The van der Waals surface area contributed by atoms with Gasteiger partial charge in [0, 0.05) is 31.1 Å². The van der Waals surface area contributed by atoms with E-state index in [9.17, 15) is 9.90 Å². The van der Waals surface area contributed by atoms with Gasteiger partial charge in [0.05, 0.1) is 43.8 Å². The number of aromatic nitrogens is 5. The number of hydrogen-bond acceptors (Lipinski definition) is 9. The van der Waals surface area contributed by atoms with Crippen LogP contribution in [0.5, 0.6) is 5.75 Å². The highest BCUT2D eigenvalue weighted by Crippen LogP contribution is 2.39. The van der Waals surface area contributed by atoms with Gasteiger partial charge in [-0.3, -0.25) is 9.72 Å². The summed E-state index contributed by atoms with van der Waals surface area (Å²) < 4.78 is 16.4. The fourth-order valence-corrected chi connectivity index (χ4v) is 6.42. The zero-order valence-corrected chi connectivity index (χ0v) is 29.9. The van der Waals surface area contributed by atoms with Crippen LogP contribution in [0.1, 0.15) is 76.8 Å². The largest absolute Gasteiger partial charge is 1.00 e. The van der Waals surface area contributed by atoms with Crippen molar-refractivity contribution >= 4 is 23.4 Å². The highest BCUT2D eigenvalue weighted by Gasteiger charge is 2.30. The van der Waals surface area contributed by atoms with Crippen molar-refractivity contribution in [3.8, 4) is 5.75 Å². The molecule has 3 N–H and O–H groups in total. The summed E-state index contributed by atoms with van der Waals surface area (Å²) in [6, 6.07) is 13.4. The second-order valence-electron chi connectivity index (χ2n) is 14.0. The first-order valence-corrected chi connectivity index (χ1v) is 17.0. The summed E-state index contributed by atoms with van der Waals surface area (Å²) in [4.78, 5) is 17.7. The number of likely N-dealkylation sites (N-methyl/N-ethyl adjacent to an activating group) is 1. The second kappa shape index (κ2) is 15.8. The maximum Gasteiger partial charge on any atom is 1.00 e. The van der Waals surface area contributed by atoms with Crippen LogP contribution < -0.4 is 32.7 Å². The molecule has 6 rings (SSSR count). The van der Waals surface area contributed by atoms with Crippen molar-refractivity contribution in [2.24, 2.45) is 0 Å². The molecule has 3 aromatic heterocycles. The van der Waals surface area contributed by atoms with E-state index in [0.29, 0.717) is 18.8 Å². The van der Waals surface area contributed by atoms with Crippen molar-refractivity contribution in [3.63, 3.8) is 0 Å². The van der Waals surface area contributed by atoms with Gasteiger partial charge < -0.3 is 42.1 Å². The van der Waals surface area contributed by atoms with E-state index >= 15 is 0 Å². The van der Waals surface area contributed by atoms with Crippen LogP contribution in [0.2, 0.25) is 0 Å². The number of aliphatic hydroxyl groups excluding tert-OH is 1. The van der Waals surface area contributed by atoms with E-state index in [1.54, 1.807) is 4.68 Å². The highest BCUT2D eigenvalue weighted by molar-refractivity contribution is 5.88. The molecule has 4 heterocycles. The number of hydrogen-bond donors (Lipinski definition) is 3. The van der Waals surface area contributed by atoms with Gasteiger partial charge in [-0.15, -0.1) is 10.2 Å². The van der Waals surface area contributed by atoms with Gasteiger partial charge in [0.1, 0.15) is 17.7 Å².